The zero-order valence-corrected chi connectivity index (χ0v) is 77.3. The summed E-state index contributed by atoms with van der Waals surface area (Å²) in [7, 11) is 13.0. The number of aromatic nitrogens is 10. The Kier molecular flexibility index (Phi) is 38.1. The Hall–Kier alpha value is -12.4. The number of carbonyl (C=O) groups excluding carboxylic acids is 6. The summed E-state index contributed by atoms with van der Waals surface area (Å²) in [5.41, 5.74) is 34.8. The van der Waals surface area contributed by atoms with Gasteiger partial charge in [0.15, 0.2) is 0 Å². The molecule has 13 aromatic rings. The molecule has 3 aliphatic rings. The van der Waals surface area contributed by atoms with E-state index < -0.39 is 17.9 Å². The summed E-state index contributed by atoms with van der Waals surface area (Å²) < 4.78 is 14.6. The summed E-state index contributed by atoms with van der Waals surface area (Å²) in [6, 6.07) is 47.2. The number of carbonyl (C=O) groups is 7. The van der Waals surface area contributed by atoms with E-state index in [9.17, 15) is 33.6 Å². The van der Waals surface area contributed by atoms with Crippen molar-refractivity contribution in [1.82, 2.24) is 63.7 Å². The highest BCUT2D eigenvalue weighted by Crippen LogP contribution is 2.29. The van der Waals surface area contributed by atoms with Gasteiger partial charge in [0.2, 0.25) is 29.5 Å². The SMILES string of the molecule is C=CC(=O)N(C)Cc1cc2ccccc2n1C.CN(Cc1cc2ccccc2n1C)C(=O)/C=C/c1cnc2c(c1)CCC(=O)N2.CNCc1cc2ccccc2n1C.COC(=O)C1Cc2cc(Br)cnc2NC1=O.Nc1ncc(Br)cc1CBr.Nc1ncc(Br)cc1CO.Nc1ncccc1C(=O)O.Nc1ncccc1CO.O=C1CCc2cc(Br)cnc2N1. The third kappa shape index (κ3) is 28.8. The molecule has 36 heteroatoms. The predicted molar refractivity (Wildman–Crippen MR) is 505 cm³/mol. The lowest BCUT2D eigenvalue weighted by Gasteiger charge is -2.21. The average Bonchev–Trinajstić information content (AvgIpc) is 1.80. The highest BCUT2D eigenvalue weighted by atomic mass is 79.9. The molecule has 16 rings (SSSR count). The van der Waals surface area contributed by atoms with Crippen LogP contribution < -0.4 is 44.2 Å². The van der Waals surface area contributed by atoms with Crippen molar-refractivity contribution in [3.8, 4) is 0 Å². The van der Waals surface area contributed by atoms with Gasteiger partial charge in [-0.25, -0.2) is 39.7 Å². The van der Waals surface area contributed by atoms with E-state index in [0.717, 1.165) is 80.9 Å². The first-order valence-electron chi connectivity index (χ1n) is 38.4. The molecule has 0 fully saturated rings. The summed E-state index contributed by atoms with van der Waals surface area (Å²) >= 11 is 16.4. The van der Waals surface area contributed by atoms with Crippen molar-refractivity contribution in [1.29, 1.82) is 0 Å². The molecule has 1 atom stereocenters. The van der Waals surface area contributed by atoms with E-state index >= 15 is 0 Å². The number of aromatic carboxylic acids is 1. The van der Waals surface area contributed by atoms with Gasteiger partial charge in [0.25, 0.3) is 0 Å². The van der Waals surface area contributed by atoms with Crippen LogP contribution in [0, 0.1) is 5.92 Å². The molecular formula is C89H95Br5N20O11. The molecule has 652 valence electrons. The number of anilines is 7. The first-order chi connectivity index (χ1) is 59.9. The third-order valence-corrected chi connectivity index (χ3v) is 21.5. The Morgan fingerprint density at radius 2 is 0.968 bits per heavy atom. The molecule has 0 radical (unpaired) electrons. The molecule has 31 nitrogen and oxygen atoms in total. The number of aryl methyl sites for hydroxylation is 5. The Morgan fingerprint density at radius 1 is 0.536 bits per heavy atom. The van der Waals surface area contributed by atoms with Gasteiger partial charge >= 0.3 is 11.9 Å². The first kappa shape index (κ1) is 98.0. The number of nitrogens with two attached hydrogens (primary N) is 4. The fourth-order valence-electron chi connectivity index (χ4n) is 12.4. The van der Waals surface area contributed by atoms with E-state index in [1.807, 2.05) is 69.7 Å². The number of aliphatic hydroxyl groups is 2. The summed E-state index contributed by atoms with van der Waals surface area (Å²) in [5.74, 6) is 0.435. The van der Waals surface area contributed by atoms with E-state index in [1.54, 1.807) is 91.4 Å². The molecule has 0 saturated heterocycles. The number of amides is 5. The Labute approximate surface area is 763 Å². The third-order valence-electron chi connectivity index (χ3n) is 19.2. The van der Waals surface area contributed by atoms with Crippen molar-refractivity contribution in [2.45, 2.75) is 70.3 Å². The summed E-state index contributed by atoms with van der Waals surface area (Å²) in [5, 5.41) is 41.4. The fourth-order valence-corrected chi connectivity index (χ4v) is 14.3. The fraction of sp³-hybridized carbons (Fsp3) is 0.213. The maximum atomic E-state index is 12.5. The highest BCUT2D eigenvalue weighted by molar-refractivity contribution is 9.11. The van der Waals surface area contributed by atoms with E-state index in [-0.39, 0.29) is 54.1 Å². The van der Waals surface area contributed by atoms with Gasteiger partial charge in [-0.3, -0.25) is 28.8 Å². The second-order valence-electron chi connectivity index (χ2n) is 27.8. The van der Waals surface area contributed by atoms with Crippen molar-refractivity contribution < 1.29 is 53.6 Å². The number of nitrogens with zero attached hydrogens (tertiary/aromatic N) is 12. The van der Waals surface area contributed by atoms with E-state index in [2.05, 4.69) is 235 Å². The van der Waals surface area contributed by atoms with Crippen molar-refractivity contribution in [2.24, 2.45) is 27.1 Å². The molecule has 5 amide bonds. The van der Waals surface area contributed by atoms with Crippen LogP contribution in [0.3, 0.4) is 0 Å². The van der Waals surface area contributed by atoms with E-state index in [0.29, 0.717) is 84.8 Å². The first-order valence-corrected chi connectivity index (χ1v) is 42.7. The molecule has 3 aromatic carbocycles. The minimum absolute atomic E-state index is 0.00608. The standard InChI is InChI=1S/C22H22N4O2.C14H16N2O.C11H14N2.C10H9BrN2O3.C8H7BrN2O.C6H6Br2N2.C6H7BrN2O.C6H6N2O2.C6H8N2O/c1-25(14-18-12-16-5-3-4-6-19(16)26(18)2)21(28)10-7-15-11-17-8-9-20(27)24-22(17)23-13-15;1-4-14(17)15(2)10-12-9-11-7-5-6-8-13(11)16(12)3;1-12-8-10-7-9-5-3-4-6-11(9)13(10)2;1-16-10(15)7-3-5-2-6(11)4-12-8(5)13-9(7)14;9-6-3-5-1-2-7(12)11-8(5)10-4-6;7-2-4-1-5(8)3-10-6(4)9;7-5-1-4(3-10)6(8)9-2-5;7-5-4(6(9)10)2-1-3-8-5;7-6-5(4-9)2-1-3-8-6/h3-7,10-13H,8-9,14H2,1-2H3,(H,23,24,27);4-9H,1,10H2,2-3H3;3-7,12H,8H2,1-2H3;2,4,7H,3H2,1H3,(H,12,13,14);3-4H,1-2H2,(H,10,11,12);1,3H,2H2,(H2,9,10);1-2,10H,3H2,(H2,8,9);1-3H,(H2,7,8)(H,9,10);1-3,9H,4H2,(H2,7,8)/b10-7+;;;;;;;;. The highest BCUT2D eigenvalue weighted by Gasteiger charge is 2.34. The normalized spacial score (nSPS) is 12.4. The monoisotopic (exact) mass is 2010 g/mol. The number of carboxylic acid groups (broad SMARTS) is 1. The maximum Gasteiger partial charge on any atom is 0.339 e. The zero-order valence-electron chi connectivity index (χ0n) is 69.4. The number of carboxylic acids is 1. The molecular weight excluding hydrogens is 1920 g/mol. The average molecular weight is 2020 g/mol. The number of aliphatic hydroxyl groups excluding tert-OH is 2. The van der Waals surface area contributed by atoms with E-state index in [4.69, 9.17) is 38.3 Å². The molecule has 10 aromatic heterocycles. The Bertz CT molecular complexity index is 5950. The molecule has 0 spiro atoms. The van der Waals surface area contributed by atoms with Crippen LogP contribution in [0.4, 0.5) is 40.7 Å². The summed E-state index contributed by atoms with van der Waals surface area (Å²) in [6.07, 6.45) is 18.7. The van der Waals surface area contributed by atoms with Gasteiger partial charge in [-0.05, 0) is 226 Å². The van der Waals surface area contributed by atoms with Crippen molar-refractivity contribution in [2.75, 3.05) is 67.1 Å². The number of nitrogen functional groups attached to an aromatic ring is 4. The number of alkyl halides is 1. The number of likely N-dealkylation sites (N-methyl/N-ethyl adjacent to an activating group) is 2. The van der Waals surface area contributed by atoms with Gasteiger partial charge in [-0.15, -0.1) is 0 Å². The molecule has 3 aliphatic heterocycles. The minimum Gasteiger partial charge on any atom is -0.478 e. The second kappa shape index (κ2) is 48.6. The number of ether oxygens (including phenoxy) is 1. The number of para-hydroxylation sites is 3. The number of esters is 1. The van der Waals surface area contributed by atoms with E-state index in [1.165, 1.54) is 64.4 Å². The molecule has 0 aliphatic carbocycles. The van der Waals surface area contributed by atoms with Gasteiger partial charge in [-0.1, -0.05) is 83.2 Å². The lowest BCUT2D eigenvalue weighted by atomic mass is 9.95. The molecule has 15 N–H and O–H groups in total. The number of rotatable bonds is 14. The molecule has 0 saturated carbocycles. The van der Waals surface area contributed by atoms with Gasteiger partial charge in [-0.2, -0.15) is 0 Å². The lowest BCUT2D eigenvalue weighted by molar-refractivity contribution is -0.149. The number of pyridine rings is 7. The number of halogens is 5. The van der Waals surface area contributed by atoms with Crippen LogP contribution in [0.25, 0.3) is 38.8 Å². The number of benzene rings is 3. The van der Waals surface area contributed by atoms with Gasteiger partial charge in [0.1, 0.15) is 52.2 Å². The topological polar surface area (TPSA) is 453 Å². The van der Waals surface area contributed by atoms with Crippen molar-refractivity contribution in [3.63, 3.8) is 0 Å². The second-order valence-corrected chi connectivity index (χ2v) is 32.0. The molecule has 125 heavy (non-hydrogen) atoms. The molecule has 13 heterocycles. The quantitative estimate of drug-likeness (QED) is 0.0208. The summed E-state index contributed by atoms with van der Waals surface area (Å²) in [4.78, 5) is 110. The number of nitrogens with one attached hydrogen (secondary N) is 4. The van der Waals surface area contributed by atoms with Crippen LogP contribution >= 0.6 is 79.6 Å². The largest absolute Gasteiger partial charge is 0.478 e. The van der Waals surface area contributed by atoms with Crippen LogP contribution in [0.15, 0.2) is 226 Å². The maximum absolute atomic E-state index is 12.5. The molecule has 0 bridgehead atoms. The van der Waals surface area contributed by atoms with Crippen LogP contribution in [0.5, 0.6) is 0 Å². The van der Waals surface area contributed by atoms with Gasteiger partial charge < -0.3 is 87.8 Å². The molecule has 1 unspecified atom stereocenters. The number of methoxy groups -OCH3 is 1. The smallest absolute Gasteiger partial charge is 0.339 e. The van der Waals surface area contributed by atoms with Gasteiger partial charge in [0, 0.05) is 178 Å². The number of hydrogen-bond acceptors (Lipinski definition) is 22. The lowest BCUT2D eigenvalue weighted by Crippen LogP contribution is -2.36. The van der Waals surface area contributed by atoms with Crippen LogP contribution in [0.1, 0.15) is 79.2 Å². The van der Waals surface area contributed by atoms with Crippen LogP contribution in [-0.4, -0.2) is 143 Å². The number of fused-ring (bicyclic) bond motifs is 6. The van der Waals surface area contributed by atoms with Gasteiger partial charge in [0.05, 0.1) is 33.4 Å². The predicted octanol–water partition coefficient (Wildman–Crippen LogP) is 14.0. The minimum atomic E-state index is -1.05. The zero-order chi connectivity index (χ0) is 91.0. The van der Waals surface area contributed by atoms with Crippen LogP contribution in [0.2, 0.25) is 0 Å². The summed E-state index contributed by atoms with van der Waals surface area (Å²) in [6.45, 7) is 5.42. The van der Waals surface area contributed by atoms with Crippen molar-refractivity contribution >= 4 is 201 Å². The Balaban J connectivity index is 0.000000179. The van der Waals surface area contributed by atoms with Crippen molar-refractivity contribution in [3.05, 3.63) is 287 Å². The number of hydrogen-bond donors (Lipinski definition) is 11. The Morgan fingerprint density at radius 3 is 1.42 bits per heavy atom. The van der Waals surface area contributed by atoms with Crippen LogP contribution in [-0.2, 0) is 112 Å².